The minimum absolute atomic E-state index is 0.0384. The summed E-state index contributed by atoms with van der Waals surface area (Å²) in [4.78, 5) is 14.4. The fourth-order valence-electron chi connectivity index (χ4n) is 5.21. The van der Waals surface area contributed by atoms with Gasteiger partial charge in [0.1, 0.15) is 18.5 Å². The van der Waals surface area contributed by atoms with E-state index < -0.39 is 0 Å². The molecule has 1 atom stereocenters. The summed E-state index contributed by atoms with van der Waals surface area (Å²) < 4.78 is 19.5. The van der Waals surface area contributed by atoms with E-state index in [4.69, 9.17) is 19.3 Å². The second-order valence-corrected chi connectivity index (χ2v) is 11.1. The third-order valence-electron chi connectivity index (χ3n) is 7.75. The summed E-state index contributed by atoms with van der Waals surface area (Å²) in [6.07, 6.45) is 8.51. The van der Waals surface area contributed by atoms with Gasteiger partial charge >= 0.3 is 0 Å². The number of hydrogen-bond acceptors (Lipinski definition) is 5. The number of amides is 1. The lowest BCUT2D eigenvalue weighted by atomic mass is 9.95. The van der Waals surface area contributed by atoms with Crippen LogP contribution in [0.2, 0.25) is 0 Å². The van der Waals surface area contributed by atoms with Crippen LogP contribution in [-0.4, -0.2) is 60.1 Å². The summed E-state index contributed by atoms with van der Waals surface area (Å²) >= 11 is 0. The highest BCUT2D eigenvalue weighted by Crippen LogP contribution is 2.31. The number of benzene rings is 1. The number of aryl methyl sites for hydroxylation is 2. The van der Waals surface area contributed by atoms with Gasteiger partial charge in [0.15, 0.2) is 0 Å². The van der Waals surface area contributed by atoms with Crippen LogP contribution in [0.3, 0.4) is 0 Å². The van der Waals surface area contributed by atoms with Gasteiger partial charge in [-0.1, -0.05) is 31.7 Å². The summed E-state index contributed by atoms with van der Waals surface area (Å²) in [5.41, 5.74) is 7.87. The predicted octanol–water partition coefficient (Wildman–Crippen LogP) is 7.06. The fraction of sp³-hybridized carbons (Fsp3) is 0.529. The molecule has 0 spiro atoms. The minimum atomic E-state index is -0.0904. The first-order chi connectivity index (χ1) is 19.7. The van der Waals surface area contributed by atoms with E-state index in [9.17, 15) is 4.79 Å². The topological polar surface area (TPSA) is 65.8 Å². The van der Waals surface area contributed by atoms with Gasteiger partial charge in [-0.2, -0.15) is 5.10 Å². The van der Waals surface area contributed by atoms with Gasteiger partial charge in [0.05, 0.1) is 24.9 Å². The first kappa shape index (κ1) is 32.4. The summed E-state index contributed by atoms with van der Waals surface area (Å²) in [7, 11) is 0. The monoisotopic (exact) mass is 563 g/mol. The largest absolute Gasteiger partial charge is 0.486 e. The van der Waals surface area contributed by atoms with Crippen molar-refractivity contribution in [3.63, 3.8) is 0 Å². The van der Waals surface area contributed by atoms with Gasteiger partial charge in [-0.3, -0.25) is 9.48 Å². The van der Waals surface area contributed by atoms with E-state index >= 15 is 0 Å². The standard InChI is InChI=1S/C34H49N3O4/c1-9-19-39-20-21-40-23-33(38)36-16-13-30(14-17-36)37-18-15-31(35-37)29(10-2)22-32(24(3)4)41-28(8)34-26(6)12-11-25(5)27(34)7/h10-12,15,18,22,28,30H,2,9,13-14,16-17,19-21,23H2,1,3-8H3/b29-22+. The Bertz CT molecular complexity index is 1230. The zero-order valence-corrected chi connectivity index (χ0v) is 26.2. The third kappa shape index (κ3) is 8.91. The Hall–Kier alpha value is -3.16. The van der Waals surface area contributed by atoms with E-state index in [-0.39, 0.29) is 24.7 Å². The average molecular weight is 564 g/mol. The Kier molecular flexibility index (Phi) is 12.4. The second kappa shape index (κ2) is 15.7. The molecule has 7 nitrogen and oxygen atoms in total. The molecule has 7 heteroatoms. The number of rotatable bonds is 14. The van der Waals surface area contributed by atoms with Crippen molar-refractivity contribution >= 4 is 11.5 Å². The maximum atomic E-state index is 12.5. The summed E-state index contributed by atoms with van der Waals surface area (Å²) in [5.74, 6) is 0.865. The Labute approximate surface area is 246 Å². The second-order valence-electron chi connectivity index (χ2n) is 11.1. The van der Waals surface area contributed by atoms with Gasteiger partial charge in [-0.25, -0.2) is 0 Å². The highest BCUT2D eigenvalue weighted by molar-refractivity contribution is 5.77. The van der Waals surface area contributed by atoms with Crippen molar-refractivity contribution in [2.45, 2.75) is 79.9 Å². The Balaban J connectivity index is 1.62. The van der Waals surface area contributed by atoms with Crippen molar-refractivity contribution in [2.24, 2.45) is 0 Å². The van der Waals surface area contributed by atoms with E-state index in [2.05, 4.69) is 67.2 Å². The lowest BCUT2D eigenvalue weighted by molar-refractivity contribution is -0.138. The third-order valence-corrected chi connectivity index (χ3v) is 7.75. The van der Waals surface area contributed by atoms with Crippen molar-refractivity contribution < 1.29 is 19.0 Å². The van der Waals surface area contributed by atoms with Crippen molar-refractivity contribution in [1.82, 2.24) is 14.7 Å². The molecule has 1 unspecified atom stereocenters. The molecule has 0 bridgehead atoms. The highest BCUT2D eigenvalue weighted by Gasteiger charge is 2.24. The molecule has 0 N–H and O–H groups in total. The fourth-order valence-corrected chi connectivity index (χ4v) is 5.21. The van der Waals surface area contributed by atoms with Gasteiger partial charge in [0, 0.05) is 31.5 Å². The van der Waals surface area contributed by atoms with Crippen LogP contribution in [0.15, 0.2) is 54.5 Å². The first-order valence-electron chi connectivity index (χ1n) is 14.9. The molecule has 0 aliphatic carbocycles. The predicted molar refractivity (Wildman–Crippen MR) is 166 cm³/mol. The van der Waals surface area contributed by atoms with Gasteiger partial charge in [-0.15, -0.1) is 0 Å². The van der Waals surface area contributed by atoms with E-state index in [1.807, 2.05) is 34.0 Å². The summed E-state index contributed by atoms with van der Waals surface area (Å²) in [6.45, 7) is 22.0. The molecule has 1 aromatic carbocycles. The molecule has 1 aliphatic rings. The number of allylic oxidation sites excluding steroid dienone is 4. The van der Waals surface area contributed by atoms with E-state index in [1.165, 1.54) is 22.3 Å². The van der Waals surface area contributed by atoms with Crippen LogP contribution in [0.4, 0.5) is 0 Å². The number of hydrogen-bond donors (Lipinski definition) is 0. The molecular weight excluding hydrogens is 514 g/mol. The van der Waals surface area contributed by atoms with Gasteiger partial charge < -0.3 is 19.1 Å². The molecule has 0 radical (unpaired) electrons. The van der Waals surface area contributed by atoms with Crippen LogP contribution in [-0.2, 0) is 19.0 Å². The molecule has 1 aromatic heterocycles. The minimum Gasteiger partial charge on any atom is -0.486 e. The summed E-state index contributed by atoms with van der Waals surface area (Å²) in [6, 6.07) is 6.60. The lowest BCUT2D eigenvalue weighted by Crippen LogP contribution is -2.41. The van der Waals surface area contributed by atoms with E-state index in [1.54, 1.807) is 0 Å². The zero-order valence-electron chi connectivity index (χ0n) is 26.2. The maximum Gasteiger partial charge on any atom is 0.248 e. The Morgan fingerprint density at radius 2 is 1.76 bits per heavy atom. The number of likely N-dealkylation sites (tertiary alicyclic amines) is 1. The quantitative estimate of drug-likeness (QED) is 0.140. The van der Waals surface area contributed by atoms with Crippen LogP contribution in [0.5, 0.6) is 0 Å². The van der Waals surface area contributed by atoms with Crippen LogP contribution < -0.4 is 0 Å². The normalized spacial score (nSPS) is 15.1. The van der Waals surface area contributed by atoms with Gasteiger partial charge in [0.2, 0.25) is 5.91 Å². The van der Waals surface area contributed by atoms with Crippen LogP contribution in [0, 0.1) is 20.8 Å². The van der Waals surface area contributed by atoms with Crippen molar-refractivity contribution in [3.8, 4) is 0 Å². The van der Waals surface area contributed by atoms with E-state index in [0.29, 0.717) is 26.3 Å². The van der Waals surface area contributed by atoms with E-state index in [0.717, 1.165) is 48.5 Å². The molecular formula is C34H49N3O4. The Morgan fingerprint density at radius 3 is 2.41 bits per heavy atom. The lowest BCUT2D eigenvalue weighted by Gasteiger charge is -2.32. The molecule has 2 aromatic rings. The Morgan fingerprint density at radius 1 is 1.07 bits per heavy atom. The molecule has 1 aliphatic heterocycles. The zero-order chi connectivity index (χ0) is 29.9. The van der Waals surface area contributed by atoms with Crippen LogP contribution >= 0.6 is 0 Å². The van der Waals surface area contributed by atoms with Gasteiger partial charge in [-0.05, 0) is 101 Å². The number of carbonyl (C=O) groups is 1. The van der Waals surface area contributed by atoms with Crippen molar-refractivity contribution in [1.29, 1.82) is 0 Å². The smallest absolute Gasteiger partial charge is 0.248 e. The average Bonchev–Trinajstić information content (AvgIpc) is 3.45. The van der Waals surface area contributed by atoms with Gasteiger partial charge in [0.25, 0.3) is 0 Å². The molecule has 2 heterocycles. The molecule has 1 saturated heterocycles. The molecule has 3 rings (SSSR count). The molecule has 1 fully saturated rings. The molecule has 0 saturated carbocycles. The number of piperidine rings is 1. The molecule has 41 heavy (non-hydrogen) atoms. The first-order valence-corrected chi connectivity index (χ1v) is 14.9. The molecule has 224 valence electrons. The van der Waals surface area contributed by atoms with Crippen LogP contribution in [0.25, 0.3) is 5.57 Å². The number of carbonyl (C=O) groups excluding carboxylic acids is 1. The van der Waals surface area contributed by atoms with Crippen LogP contribution in [0.1, 0.15) is 87.1 Å². The summed E-state index contributed by atoms with van der Waals surface area (Å²) in [5, 5.41) is 4.91. The van der Waals surface area contributed by atoms with Crippen molar-refractivity contribution in [2.75, 3.05) is 39.5 Å². The number of nitrogens with zero attached hydrogens (tertiary/aromatic N) is 3. The molecule has 1 amide bonds. The maximum absolute atomic E-state index is 12.5. The highest BCUT2D eigenvalue weighted by atomic mass is 16.5. The SMILES string of the molecule is C=C/C(=C\C(OC(C)c1c(C)ccc(C)c1C)=C(C)C)c1ccn(C2CCN(C(=O)COCCOCCC)CC2)n1. The number of aromatic nitrogens is 2. The van der Waals surface area contributed by atoms with Crippen molar-refractivity contribution in [3.05, 3.63) is 82.4 Å². The number of ether oxygens (including phenoxy) is 3.